The first-order chi connectivity index (χ1) is 15.3. The van der Waals surface area contributed by atoms with Crippen molar-refractivity contribution in [2.45, 2.75) is 6.92 Å². The molecule has 1 saturated heterocycles. The van der Waals surface area contributed by atoms with Crippen molar-refractivity contribution in [3.05, 3.63) is 82.1 Å². The summed E-state index contributed by atoms with van der Waals surface area (Å²) in [5.74, 6) is -2.08. The van der Waals surface area contributed by atoms with Crippen LogP contribution in [0.3, 0.4) is 0 Å². The maximum absolute atomic E-state index is 13.0. The zero-order valence-corrected chi connectivity index (χ0v) is 17.3. The first-order valence-electron chi connectivity index (χ1n) is 9.36. The second-order valence-electron chi connectivity index (χ2n) is 6.93. The summed E-state index contributed by atoms with van der Waals surface area (Å²) in [4.78, 5) is 49.6. The predicted molar refractivity (Wildman–Crippen MR) is 116 cm³/mol. The third kappa shape index (κ3) is 3.79. The average Bonchev–Trinajstić information content (AvgIpc) is 3.23. The van der Waals surface area contributed by atoms with Crippen LogP contribution < -0.4 is 10.2 Å². The standard InChI is InChI=1S/C23H15ClN2O6/c1-12-17(24)3-2-4-18(12)26-21(28)16(20(27)25-23(26)31)11-15-9-10-19(32-15)13-5-7-14(8-6-13)22(29)30/h2-11H,1H3,(H,29,30)(H,25,27,31)/b16-11+. The normalized spacial score (nSPS) is 15.2. The van der Waals surface area contributed by atoms with E-state index in [9.17, 15) is 19.2 Å². The quantitative estimate of drug-likeness (QED) is 0.452. The minimum atomic E-state index is -1.04. The maximum Gasteiger partial charge on any atom is 0.335 e. The lowest BCUT2D eigenvalue weighted by molar-refractivity contribution is -0.122. The molecule has 1 aliphatic rings. The van der Waals surface area contributed by atoms with Crippen LogP contribution in [-0.4, -0.2) is 28.9 Å². The number of nitrogens with zero attached hydrogens (tertiary/aromatic N) is 1. The molecule has 0 radical (unpaired) electrons. The number of rotatable bonds is 4. The van der Waals surface area contributed by atoms with Gasteiger partial charge in [0.05, 0.1) is 11.3 Å². The molecule has 3 aromatic rings. The number of hydrogen-bond acceptors (Lipinski definition) is 5. The van der Waals surface area contributed by atoms with E-state index in [-0.39, 0.29) is 22.6 Å². The van der Waals surface area contributed by atoms with E-state index in [4.69, 9.17) is 21.1 Å². The molecule has 1 aliphatic heterocycles. The van der Waals surface area contributed by atoms with E-state index < -0.39 is 23.8 Å². The second kappa shape index (κ2) is 8.16. The highest BCUT2D eigenvalue weighted by molar-refractivity contribution is 6.39. The zero-order chi connectivity index (χ0) is 23.0. The largest absolute Gasteiger partial charge is 0.478 e. The first-order valence-corrected chi connectivity index (χ1v) is 9.74. The van der Waals surface area contributed by atoms with Crippen molar-refractivity contribution in [2.75, 3.05) is 4.90 Å². The summed E-state index contributed by atoms with van der Waals surface area (Å²) in [6.45, 7) is 1.66. The average molecular weight is 451 g/mol. The number of urea groups is 1. The van der Waals surface area contributed by atoms with Crippen molar-refractivity contribution in [1.82, 2.24) is 5.32 Å². The van der Waals surface area contributed by atoms with Crippen LogP contribution in [0.1, 0.15) is 21.7 Å². The maximum atomic E-state index is 13.0. The van der Waals surface area contributed by atoms with Gasteiger partial charge in [0.25, 0.3) is 11.8 Å². The Bertz CT molecular complexity index is 1310. The number of benzene rings is 2. The van der Waals surface area contributed by atoms with Gasteiger partial charge in [-0.15, -0.1) is 0 Å². The first kappa shape index (κ1) is 21.1. The Morgan fingerprint density at radius 1 is 1.06 bits per heavy atom. The molecule has 0 bridgehead atoms. The number of imide groups is 2. The van der Waals surface area contributed by atoms with Gasteiger partial charge in [0, 0.05) is 10.6 Å². The van der Waals surface area contributed by atoms with Gasteiger partial charge >= 0.3 is 12.0 Å². The van der Waals surface area contributed by atoms with Crippen LogP contribution in [0.2, 0.25) is 5.02 Å². The van der Waals surface area contributed by atoms with E-state index in [0.717, 1.165) is 4.90 Å². The highest BCUT2D eigenvalue weighted by Gasteiger charge is 2.37. The molecule has 1 aromatic heterocycles. The number of furan rings is 1. The van der Waals surface area contributed by atoms with E-state index in [1.807, 2.05) is 0 Å². The number of carboxylic acid groups (broad SMARTS) is 1. The molecule has 2 aromatic carbocycles. The lowest BCUT2D eigenvalue weighted by Crippen LogP contribution is -2.54. The van der Waals surface area contributed by atoms with E-state index in [0.29, 0.717) is 21.9 Å². The molecule has 2 N–H and O–H groups in total. The van der Waals surface area contributed by atoms with Crippen LogP contribution in [0.5, 0.6) is 0 Å². The fourth-order valence-electron chi connectivity index (χ4n) is 3.22. The molecular weight excluding hydrogens is 436 g/mol. The number of anilines is 1. The molecule has 0 saturated carbocycles. The molecule has 1 fully saturated rings. The Labute approximate surface area is 186 Å². The van der Waals surface area contributed by atoms with E-state index >= 15 is 0 Å². The Balaban J connectivity index is 1.67. The van der Waals surface area contributed by atoms with Gasteiger partial charge in [0.2, 0.25) is 0 Å². The minimum Gasteiger partial charge on any atom is -0.478 e. The van der Waals surface area contributed by atoms with E-state index in [1.165, 1.54) is 18.2 Å². The molecule has 160 valence electrons. The molecule has 0 aliphatic carbocycles. The number of carbonyl (C=O) groups excluding carboxylic acids is 3. The summed E-state index contributed by atoms with van der Waals surface area (Å²) in [6, 6.07) is 13.1. The molecule has 2 heterocycles. The van der Waals surface area contributed by atoms with Gasteiger partial charge in [-0.3, -0.25) is 14.9 Å². The Hall–Kier alpha value is -4.17. The number of halogens is 1. The number of aromatic carboxylic acids is 1. The topological polar surface area (TPSA) is 117 Å². The molecule has 0 spiro atoms. The van der Waals surface area contributed by atoms with Crippen LogP contribution in [0.4, 0.5) is 10.5 Å². The summed E-state index contributed by atoms with van der Waals surface area (Å²) in [7, 11) is 0. The monoisotopic (exact) mass is 450 g/mol. The van der Waals surface area contributed by atoms with Crippen molar-refractivity contribution in [3.8, 4) is 11.3 Å². The van der Waals surface area contributed by atoms with Gasteiger partial charge < -0.3 is 9.52 Å². The van der Waals surface area contributed by atoms with Gasteiger partial charge in [-0.1, -0.05) is 29.8 Å². The Kier molecular flexibility index (Phi) is 5.38. The molecule has 9 heteroatoms. The number of hydrogen-bond donors (Lipinski definition) is 2. The summed E-state index contributed by atoms with van der Waals surface area (Å²) in [5, 5.41) is 11.5. The number of amides is 4. The molecule has 32 heavy (non-hydrogen) atoms. The van der Waals surface area contributed by atoms with Crippen molar-refractivity contribution in [3.63, 3.8) is 0 Å². The number of carboxylic acids is 1. The summed E-state index contributed by atoms with van der Waals surface area (Å²) in [6.07, 6.45) is 1.24. The molecule has 8 nitrogen and oxygen atoms in total. The SMILES string of the molecule is Cc1c(Cl)cccc1N1C(=O)NC(=O)/C(=C\c2ccc(-c3ccc(C(=O)O)cc3)o2)C1=O. The third-order valence-electron chi connectivity index (χ3n) is 4.91. The molecule has 0 unspecified atom stereocenters. The van der Waals surface area contributed by atoms with Crippen molar-refractivity contribution < 1.29 is 28.7 Å². The predicted octanol–water partition coefficient (Wildman–Crippen LogP) is 4.27. The molecule has 4 rings (SSSR count). The second-order valence-corrected chi connectivity index (χ2v) is 7.33. The molecule has 0 atom stereocenters. The Morgan fingerprint density at radius 2 is 1.78 bits per heavy atom. The zero-order valence-electron chi connectivity index (χ0n) is 16.6. The van der Waals surface area contributed by atoms with Crippen LogP contribution in [0, 0.1) is 6.92 Å². The van der Waals surface area contributed by atoms with Crippen molar-refractivity contribution in [1.29, 1.82) is 0 Å². The van der Waals surface area contributed by atoms with Crippen LogP contribution in [0.15, 0.2) is 64.6 Å². The molecule has 4 amide bonds. The fraction of sp³-hybridized carbons (Fsp3) is 0.0435. The van der Waals surface area contributed by atoms with Gasteiger partial charge in [0.1, 0.15) is 17.1 Å². The summed E-state index contributed by atoms with van der Waals surface area (Å²) >= 11 is 6.11. The van der Waals surface area contributed by atoms with Gasteiger partial charge in [-0.2, -0.15) is 0 Å². The van der Waals surface area contributed by atoms with Crippen LogP contribution in [-0.2, 0) is 9.59 Å². The smallest absolute Gasteiger partial charge is 0.335 e. The highest BCUT2D eigenvalue weighted by atomic mass is 35.5. The fourth-order valence-corrected chi connectivity index (χ4v) is 3.39. The minimum absolute atomic E-state index is 0.133. The highest BCUT2D eigenvalue weighted by Crippen LogP contribution is 2.30. The summed E-state index contributed by atoms with van der Waals surface area (Å²) in [5.41, 5.74) is 1.23. The van der Waals surface area contributed by atoms with Gasteiger partial charge in [-0.05, 0) is 55.0 Å². The third-order valence-corrected chi connectivity index (χ3v) is 5.32. The summed E-state index contributed by atoms with van der Waals surface area (Å²) < 4.78 is 5.70. The lowest BCUT2D eigenvalue weighted by Gasteiger charge is -2.27. The van der Waals surface area contributed by atoms with E-state index in [1.54, 1.807) is 49.4 Å². The van der Waals surface area contributed by atoms with Crippen LogP contribution in [0.25, 0.3) is 17.4 Å². The lowest BCUT2D eigenvalue weighted by atomic mass is 10.1. The van der Waals surface area contributed by atoms with Gasteiger partial charge in [-0.25, -0.2) is 14.5 Å². The number of barbiturate groups is 1. The van der Waals surface area contributed by atoms with Crippen molar-refractivity contribution >= 4 is 47.2 Å². The number of carbonyl (C=O) groups is 4. The Morgan fingerprint density at radius 3 is 2.47 bits per heavy atom. The van der Waals surface area contributed by atoms with Gasteiger partial charge in [0.15, 0.2) is 0 Å². The molecular formula is C23H15ClN2O6. The number of nitrogens with one attached hydrogen (secondary N) is 1. The van der Waals surface area contributed by atoms with E-state index in [2.05, 4.69) is 5.32 Å². The van der Waals surface area contributed by atoms with Crippen LogP contribution >= 0.6 is 11.6 Å². The van der Waals surface area contributed by atoms with Crippen molar-refractivity contribution in [2.24, 2.45) is 0 Å².